The van der Waals surface area contributed by atoms with Crippen LogP contribution in [0.1, 0.15) is 32.3 Å². The SMILES string of the molecule is COC(C)(C)CCC(=O)Cc1ccsc1. The molecule has 3 heteroatoms. The molecule has 1 aromatic heterocycles. The first-order valence-electron chi connectivity index (χ1n) is 5.11. The molecule has 84 valence electrons. The molecule has 0 aliphatic carbocycles. The van der Waals surface area contributed by atoms with Gasteiger partial charge in [0.15, 0.2) is 0 Å². The summed E-state index contributed by atoms with van der Waals surface area (Å²) in [6.07, 6.45) is 1.94. The number of hydrogen-bond acceptors (Lipinski definition) is 3. The van der Waals surface area contributed by atoms with Crippen molar-refractivity contribution in [3.05, 3.63) is 22.4 Å². The summed E-state index contributed by atoms with van der Waals surface area (Å²) in [5, 5.41) is 4.03. The number of methoxy groups -OCH3 is 1. The van der Waals surface area contributed by atoms with E-state index < -0.39 is 0 Å². The fourth-order valence-corrected chi connectivity index (χ4v) is 1.92. The van der Waals surface area contributed by atoms with Gasteiger partial charge in [-0.05, 0) is 42.7 Å². The molecule has 1 aromatic rings. The lowest BCUT2D eigenvalue weighted by Crippen LogP contribution is -2.23. The Morgan fingerprint density at radius 2 is 2.27 bits per heavy atom. The molecule has 1 rings (SSSR count). The number of rotatable bonds is 6. The molecule has 1 heterocycles. The number of Topliss-reactive ketones (excluding diaryl/α,β-unsaturated/α-hetero) is 1. The number of carbonyl (C=O) groups excluding carboxylic acids is 1. The summed E-state index contributed by atoms with van der Waals surface area (Å²) in [6.45, 7) is 4.01. The predicted molar refractivity (Wildman–Crippen MR) is 63.4 cm³/mol. The summed E-state index contributed by atoms with van der Waals surface area (Å²) in [7, 11) is 1.68. The van der Waals surface area contributed by atoms with Crippen molar-refractivity contribution < 1.29 is 9.53 Å². The van der Waals surface area contributed by atoms with Gasteiger partial charge in [0.2, 0.25) is 0 Å². The van der Waals surface area contributed by atoms with E-state index in [0.717, 1.165) is 12.0 Å². The number of hydrogen-bond donors (Lipinski definition) is 0. The van der Waals surface area contributed by atoms with E-state index in [-0.39, 0.29) is 5.60 Å². The smallest absolute Gasteiger partial charge is 0.137 e. The van der Waals surface area contributed by atoms with Crippen LogP contribution in [0, 0.1) is 0 Å². The highest BCUT2D eigenvalue weighted by molar-refractivity contribution is 7.07. The van der Waals surface area contributed by atoms with E-state index in [1.165, 1.54) is 0 Å². The first-order valence-corrected chi connectivity index (χ1v) is 6.06. The average Bonchev–Trinajstić information content (AvgIpc) is 2.68. The fourth-order valence-electron chi connectivity index (χ4n) is 1.25. The van der Waals surface area contributed by atoms with Gasteiger partial charge in [0.05, 0.1) is 5.60 Å². The van der Waals surface area contributed by atoms with Gasteiger partial charge in [-0.25, -0.2) is 0 Å². The summed E-state index contributed by atoms with van der Waals surface area (Å²) in [6, 6.07) is 2.00. The molecule has 0 spiro atoms. The third kappa shape index (κ3) is 4.58. The van der Waals surface area contributed by atoms with E-state index in [0.29, 0.717) is 18.6 Å². The van der Waals surface area contributed by atoms with Crippen molar-refractivity contribution in [2.75, 3.05) is 7.11 Å². The van der Waals surface area contributed by atoms with E-state index in [1.54, 1.807) is 18.4 Å². The topological polar surface area (TPSA) is 26.3 Å². The molecule has 0 aliphatic rings. The second kappa shape index (κ2) is 5.42. The van der Waals surface area contributed by atoms with Crippen molar-refractivity contribution in [1.82, 2.24) is 0 Å². The second-order valence-electron chi connectivity index (χ2n) is 4.31. The zero-order valence-corrected chi connectivity index (χ0v) is 10.4. The van der Waals surface area contributed by atoms with Crippen molar-refractivity contribution in [3.63, 3.8) is 0 Å². The zero-order chi connectivity index (χ0) is 11.3. The Kier molecular flexibility index (Phi) is 4.48. The van der Waals surface area contributed by atoms with Gasteiger partial charge < -0.3 is 4.74 Å². The monoisotopic (exact) mass is 226 g/mol. The number of ketones is 1. The molecule has 0 saturated heterocycles. The highest BCUT2D eigenvalue weighted by Gasteiger charge is 2.17. The Bertz CT molecular complexity index is 301. The Morgan fingerprint density at radius 3 is 2.80 bits per heavy atom. The Hall–Kier alpha value is -0.670. The highest BCUT2D eigenvalue weighted by atomic mass is 32.1. The molecule has 0 bridgehead atoms. The third-order valence-electron chi connectivity index (χ3n) is 2.54. The Labute approximate surface area is 95.3 Å². The van der Waals surface area contributed by atoms with Crippen LogP contribution in [0.25, 0.3) is 0 Å². The lowest BCUT2D eigenvalue weighted by atomic mass is 9.99. The summed E-state index contributed by atoms with van der Waals surface area (Å²) < 4.78 is 5.27. The average molecular weight is 226 g/mol. The Balaban J connectivity index is 2.31. The standard InChI is InChI=1S/C12H18O2S/c1-12(2,14-3)6-4-11(13)8-10-5-7-15-9-10/h5,7,9H,4,6,8H2,1-3H3. The normalized spacial score (nSPS) is 11.7. The van der Waals surface area contributed by atoms with Crippen LogP contribution in [-0.2, 0) is 16.0 Å². The van der Waals surface area contributed by atoms with Crippen LogP contribution in [0.5, 0.6) is 0 Å². The lowest BCUT2D eigenvalue weighted by Gasteiger charge is -2.22. The molecule has 0 fully saturated rings. The molecule has 0 saturated carbocycles. The molecule has 0 amide bonds. The van der Waals surface area contributed by atoms with E-state index in [1.807, 2.05) is 30.7 Å². The van der Waals surface area contributed by atoms with Crippen molar-refractivity contribution in [1.29, 1.82) is 0 Å². The molecule has 2 nitrogen and oxygen atoms in total. The third-order valence-corrected chi connectivity index (χ3v) is 3.27. The molecule has 0 aliphatic heterocycles. The van der Waals surface area contributed by atoms with E-state index in [4.69, 9.17) is 4.74 Å². The number of ether oxygens (including phenoxy) is 1. The van der Waals surface area contributed by atoms with E-state index in [2.05, 4.69) is 0 Å². The Morgan fingerprint density at radius 1 is 1.53 bits per heavy atom. The van der Waals surface area contributed by atoms with Gasteiger partial charge in [-0.15, -0.1) is 0 Å². The van der Waals surface area contributed by atoms with Crippen LogP contribution >= 0.6 is 11.3 Å². The number of carbonyl (C=O) groups is 1. The van der Waals surface area contributed by atoms with Crippen molar-refractivity contribution >= 4 is 17.1 Å². The second-order valence-corrected chi connectivity index (χ2v) is 5.09. The van der Waals surface area contributed by atoms with Crippen molar-refractivity contribution in [2.24, 2.45) is 0 Å². The van der Waals surface area contributed by atoms with Gasteiger partial charge in [-0.2, -0.15) is 11.3 Å². The summed E-state index contributed by atoms with van der Waals surface area (Å²) in [5.74, 6) is 0.290. The van der Waals surface area contributed by atoms with E-state index in [9.17, 15) is 4.79 Å². The molecular formula is C12H18O2S. The predicted octanol–water partition coefficient (Wildman–Crippen LogP) is 3.06. The van der Waals surface area contributed by atoms with Crippen molar-refractivity contribution in [2.45, 2.75) is 38.7 Å². The summed E-state index contributed by atoms with van der Waals surface area (Å²) in [5.41, 5.74) is 0.935. The van der Waals surface area contributed by atoms with Gasteiger partial charge in [-0.1, -0.05) is 0 Å². The maximum absolute atomic E-state index is 11.6. The summed E-state index contributed by atoms with van der Waals surface area (Å²) >= 11 is 1.63. The van der Waals surface area contributed by atoms with Crippen LogP contribution in [-0.4, -0.2) is 18.5 Å². The largest absolute Gasteiger partial charge is 0.379 e. The minimum absolute atomic E-state index is 0.190. The van der Waals surface area contributed by atoms with Gasteiger partial charge >= 0.3 is 0 Å². The minimum atomic E-state index is -0.190. The summed E-state index contributed by atoms with van der Waals surface area (Å²) in [4.78, 5) is 11.6. The van der Waals surface area contributed by atoms with E-state index >= 15 is 0 Å². The van der Waals surface area contributed by atoms with Crippen LogP contribution in [0.4, 0.5) is 0 Å². The van der Waals surface area contributed by atoms with Gasteiger partial charge in [-0.3, -0.25) is 4.79 Å². The molecule has 0 N–H and O–H groups in total. The minimum Gasteiger partial charge on any atom is -0.379 e. The zero-order valence-electron chi connectivity index (χ0n) is 9.58. The maximum atomic E-state index is 11.6. The lowest BCUT2D eigenvalue weighted by molar-refractivity contribution is -0.119. The first-order chi connectivity index (χ1) is 7.03. The molecule has 0 atom stereocenters. The quantitative estimate of drug-likeness (QED) is 0.745. The van der Waals surface area contributed by atoms with Crippen LogP contribution < -0.4 is 0 Å². The van der Waals surface area contributed by atoms with Crippen LogP contribution in [0.3, 0.4) is 0 Å². The molecule has 0 unspecified atom stereocenters. The van der Waals surface area contributed by atoms with Crippen molar-refractivity contribution in [3.8, 4) is 0 Å². The molecule has 15 heavy (non-hydrogen) atoms. The van der Waals surface area contributed by atoms with Crippen LogP contribution in [0.15, 0.2) is 16.8 Å². The fraction of sp³-hybridized carbons (Fsp3) is 0.583. The van der Waals surface area contributed by atoms with Gasteiger partial charge in [0.1, 0.15) is 5.78 Å². The van der Waals surface area contributed by atoms with Crippen LogP contribution in [0.2, 0.25) is 0 Å². The molecule has 0 radical (unpaired) electrons. The van der Waals surface area contributed by atoms with Gasteiger partial charge in [0.25, 0.3) is 0 Å². The first kappa shape index (κ1) is 12.4. The molecule has 0 aromatic carbocycles. The highest BCUT2D eigenvalue weighted by Crippen LogP contribution is 2.16. The molecular weight excluding hydrogens is 208 g/mol. The number of thiophene rings is 1. The van der Waals surface area contributed by atoms with Gasteiger partial charge in [0, 0.05) is 20.0 Å². The maximum Gasteiger partial charge on any atom is 0.137 e.